The van der Waals surface area contributed by atoms with E-state index in [1.807, 2.05) is 6.92 Å². The summed E-state index contributed by atoms with van der Waals surface area (Å²) in [6, 6.07) is 1.22. The van der Waals surface area contributed by atoms with Crippen LogP contribution in [-0.2, 0) is 13.1 Å². The number of aromatic amines is 1. The number of H-pyrrole nitrogens is 1. The Morgan fingerprint density at radius 1 is 1.48 bits per heavy atom. The molecule has 3 aromatic rings. The van der Waals surface area contributed by atoms with Crippen LogP contribution in [0.15, 0.2) is 35.9 Å². The molecule has 0 saturated heterocycles. The molecule has 0 bridgehead atoms. The summed E-state index contributed by atoms with van der Waals surface area (Å²) in [4.78, 5) is 19.1. The summed E-state index contributed by atoms with van der Waals surface area (Å²) in [5.74, 6) is 0. The first-order valence-corrected chi connectivity index (χ1v) is 7.96. The number of rotatable bonds is 5. The predicted molar refractivity (Wildman–Crippen MR) is 93.2 cm³/mol. The summed E-state index contributed by atoms with van der Waals surface area (Å²) in [6.07, 6.45) is 1.98. The molecule has 0 unspecified atom stereocenters. The topological polar surface area (TPSA) is 68.5 Å². The van der Waals surface area contributed by atoms with E-state index < -0.39 is 17.5 Å². The molecule has 0 saturated carbocycles. The quantitative estimate of drug-likeness (QED) is 0.557. The zero-order valence-corrected chi connectivity index (χ0v) is 14.2. The van der Waals surface area contributed by atoms with Gasteiger partial charge in [0, 0.05) is 30.4 Å². The van der Waals surface area contributed by atoms with Crippen LogP contribution in [0, 0.1) is 4.77 Å². The zero-order valence-electron chi connectivity index (χ0n) is 13.4. The molecule has 3 heterocycles. The molecule has 6 nitrogen and oxygen atoms in total. The van der Waals surface area contributed by atoms with Gasteiger partial charge in [-0.3, -0.25) is 19.0 Å². The third kappa shape index (κ3) is 3.02. The molecular formula is C16H15F2N5OS. The lowest BCUT2D eigenvalue weighted by Gasteiger charge is -2.12. The second-order valence-electron chi connectivity index (χ2n) is 5.34. The van der Waals surface area contributed by atoms with Crippen LogP contribution in [-0.4, -0.2) is 24.3 Å². The normalized spacial score (nSPS) is 11.4. The van der Waals surface area contributed by atoms with Crippen LogP contribution in [0.2, 0.25) is 0 Å². The van der Waals surface area contributed by atoms with Crippen molar-refractivity contribution >= 4 is 23.3 Å². The molecule has 0 spiro atoms. The van der Waals surface area contributed by atoms with Crippen molar-refractivity contribution in [2.45, 2.75) is 26.4 Å². The highest BCUT2D eigenvalue weighted by molar-refractivity contribution is 7.71. The van der Waals surface area contributed by atoms with Crippen molar-refractivity contribution in [3.63, 3.8) is 0 Å². The van der Waals surface area contributed by atoms with Gasteiger partial charge in [-0.25, -0.2) is 13.8 Å². The number of halogens is 2. The van der Waals surface area contributed by atoms with E-state index in [0.717, 1.165) is 0 Å². The number of nitrogens with zero attached hydrogens (tertiary/aromatic N) is 4. The SMILES string of the molecule is C=CCn1c(=S)[nH]c(=O)c2c(C(F)F)cc(-c3cnn(CC)c3)nc21. The summed E-state index contributed by atoms with van der Waals surface area (Å²) < 4.78 is 30.4. The number of hydrogen-bond acceptors (Lipinski definition) is 4. The highest BCUT2D eigenvalue weighted by atomic mass is 32.1. The van der Waals surface area contributed by atoms with E-state index in [4.69, 9.17) is 12.2 Å². The van der Waals surface area contributed by atoms with Gasteiger partial charge in [-0.2, -0.15) is 5.10 Å². The fourth-order valence-electron chi connectivity index (χ4n) is 2.59. The molecule has 0 aliphatic rings. The monoisotopic (exact) mass is 363 g/mol. The van der Waals surface area contributed by atoms with Gasteiger partial charge in [0.05, 0.1) is 17.3 Å². The van der Waals surface area contributed by atoms with Gasteiger partial charge in [-0.05, 0) is 25.2 Å². The molecule has 0 aliphatic carbocycles. The fraction of sp³-hybridized carbons (Fsp3) is 0.250. The Morgan fingerprint density at radius 3 is 2.84 bits per heavy atom. The maximum atomic E-state index is 13.6. The van der Waals surface area contributed by atoms with E-state index in [2.05, 4.69) is 21.6 Å². The molecule has 0 aliphatic heterocycles. The Morgan fingerprint density at radius 2 is 2.24 bits per heavy atom. The highest BCUT2D eigenvalue weighted by Gasteiger charge is 2.20. The Hall–Kier alpha value is -2.68. The van der Waals surface area contributed by atoms with Gasteiger partial charge in [0.1, 0.15) is 5.65 Å². The van der Waals surface area contributed by atoms with E-state index >= 15 is 0 Å². The number of alkyl halides is 2. The summed E-state index contributed by atoms with van der Waals surface area (Å²) >= 11 is 5.14. The second kappa shape index (κ2) is 6.67. The van der Waals surface area contributed by atoms with E-state index in [0.29, 0.717) is 17.8 Å². The van der Waals surface area contributed by atoms with Gasteiger partial charge in [0.25, 0.3) is 12.0 Å². The van der Waals surface area contributed by atoms with Gasteiger partial charge in [-0.15, -0.1) is 6.58 Å². The lowest BCUT2D eigenvalue weighted by atomic mass is 10.1. The number of aryl methyl sites for hydroxylation is 1. The van der Waals surface area contributed by atoms with Gasteiger partial charge in [-0.1, -0.05) is 6.08 Å². The third-order valence-electron chi connectivity index (χ3n) is 3.78. The Balaban J connectivity index is 2.41. The molecule has 9 heteroatoms. The molecule has 0 fully saturated rings. The maximum absolute atomic E-state index is 13.6. The number of allylic oxidation sites excluding steroid dienone is 1. The zero-order chi connectivity index (χ0) is 18.1. The lowest BCUT2D eigenvalue weighted by molar-refractivity contribution is 0.153. The minimum Gasteiger partial charge on any atom is -0.299 e. The molecule has 1 N–H and O–H groups in total. The molecule has 130 valence electrons. The van der Waals surface area contributed by atoms with Crippen molar-refractivity contribution < 1.29 is 8.78 Å². The average Bonchev–Trinajstić information content (AvgIpc) is 3.06. The molecule has 0 amide bonds. The first-order valence-electron chi connectivity index (χ1n) is 7.55. The summed E-state index contributed by atoms with van der Waals surface area (Å²) in [7, 11) is 0. The first-order chi connectivity index (χ1) is 12.0. The van der Waals surface area contributed by atoms with Crippen LogP contribution < -0.4 is 5.56 Å². The van der Waals surface area contributed by atoms with Gasteiger partial charge >= 0.3 is 0 Å². The Bertz CT molecular complexity index is 1070. The van der Waals surface area contributed by atoms with Gasteiger partial charge < -0.3 is 0 Å². The molecule has 3 rings (SSSR count). The van der Waals surface area contributed by atoms with Crippen LogP contribution in [0.25, 0.3) is 22.3 Å². The minimum absolute atomic E-state index is 0.102. The van der Waals surface area contributed by atoms with Gasteiger partial charge in [0.15, 0.2) is 4.77 Å². The summed E-state index contributed by atoms with van der Waals surface area (Å²) in [6.45, 7) is 6.42. The van der Waals surface area contributed by atoms with Crippen LogP contribution in [0.4, 0.5) is 8.78 Å². The fourth-order valence-corrected chi connectivity index (χ4v) is 2.84. The average molecular weight is 363 g/mol. The van der Waals surface area contributed by atoms with Crippen molar-refractivity contribution in [1.82, 2.24) is 24.3 Å². The predicted octanol–water partition coefficient (Wildman–Crippen LogP) is 3.46. The van der Waals surface area contributed by atoms with Crippen LogP contribution >= 0.6 is 12.2 Å². The molecule has 0 aromatic carbocycles. The number of fused-ring (bicyclic) bond motifs is 1. The van der Waals surface area contributed by atoms with Crippen molar-refractivity contribution in [1.29, 1.82) is 0 Å². The van der Waals surface area contributed by atoms with Gasteiger partial charge in [0.2, 0.25) is 0 Å². The van der Waals surface area contributed by atoms with Crippen molar-refractivity contribution in [2.75, 3.05) is 0 Å². The van der Waals surface area contributed by atoms with E-state index in [9.17, 15) is 13.6 Å². The second-order valence-corrected chi connectivity index (χ2v) is 5.73. The number of hydrogen-bond donors (Lipinski definition) is 1. The maximum Gasteiger partial charge on any atom is 0.264 e. The lowest BCUT2D eigenvalue weighted by Crippen LogP contribution is -2.17. The molecule has 0 atom stereocenters. The van der Waals surface area contributed by atoms with E-state index in [-0.39, 0.29) is 22.3 Å². The molecule has 0 radical (unpaired) electrons. The largest absolute Gasteiger partial charge is 0.299 e. The van der Waals surface area contributed by atoms with E-state index in [1.165, 1.54) is 10.6 Å². The van der Waals surface area contributed by atoms with Crippen LogP contribution in [0.5, 0.6) is 0 Å². The van der Waals surface area contributed by atoms with Crippen molar-refractivity contribution in [3.05, 3.63) is 51.8 Å². The molecule has 3 aromatic heterocycles. The number of aromatic nitrogens is 5. The summed E-state index contributed by atoms with van der Waals surface area (Å²) in [5, 5.41) is 3.97. The summed E-state index contributed by atoms with van der Waals surface area (Å²) in [5.41, 5.74) is -0.0785. The smallest absolute Gasteiger partial charge is 0.264 e. The number of nitrogens with one attached hydrogen (secondary N) is 1. The van der Waals surface area contributed by atoms with Crippen molar-refractivity contribution in [2.24, 2.45) is 0 Å². The highest BCUT2D eigenvalue weighted by Crippen LogP contribution is 2.29. The molecule has 25 heavy (non-hydrogen) atoms. The first kappa shape index (κ1) is 17.2. The van der Waals surface area contributed by atoms with E-state index in [1.54, 1.807) is 23.2 Å². The van der Waals surface area contributed by atoms with Crippen molar-refractivity contribution in [3.8, 4) is 11.3 Å². The molecular weight excluding hydrogens is 348 g/mol. The third-order valence-corrected chi connectivity index (χ3v) is 4.10. The van der Waals surface area contributed by atoms with Crippen LogP contribution in [0.3, 0.4) is 0 Å². The Labute approximate surface area is 146 Å². The standard InChI is InChI=1S/C16H15F2N5OS/c1-3-5-23-14-12(15(24)21-16(23)25)10(13(17)18)6-11(20-14)9-7-19-22(4-2)8-9/h3,6-8,13H,1,4-5H2,2H3,(H,21,24,25). The number of pyridine rings is 1. The minimum atomic E-state index is -2.83. The Kier molecular flexibility index (Phi) is 4.58. The van der Waals surface area contributed by atoms with Crippen LogP contribution in [0.1, 0.15) is 18.9 Å².